The fourth-order valence-corrected chi connectivity index (χ4v) is 2.17. The van der Waals surface area contributed by atoms with Gasteiger partial charge in [-0.3, -0.25) is 9.59 Å². The lowest BCUT2D eigenvalue weighted by Crippen LogP contribution is -2.45. The number of para-hydroxylation sites is 1. The molecular weight excluding hydrogens is 286 g/mol. The molecule has 118 valence electrons. The minimum absolute atomic E-state index is 0.290. The molecule has 7 heteroatoms. The number of ether oxygens (including phenoxy) is 1. The lowest BCUT2D eigenvalue weighted by molar-refractivity contribution is -0.154. The van der Waals surface area contributed by atoms with Crippen molar-refractivity contribution in [1.82, 2.24) is 4.98 Å². The molecule has 1 heterocycles. The Morgan fingerprint density at radius 1 is 1.32 bits per heavy atom. The van der Waals surface area contributed by atoms with Crippen LogP contribution in [0.2, 0.25) is 0 Å². The molecule has 1 aromatic heterocycles. The Hall–Kier alpha value is -2.38. The van der Waals surface area contributed by atoms with Gasteiger partial charge in [-0.15, -0.1) is 0 Å². The van der Waals surface area contributed by atoms with E-state index >= 15 is 0 Å². The van der Waals surface area contributed by atoms with E-state index in [1.165, 1.54) is 6.92 Å². The van der Waals surface area contributed by atoms with Crippen LogP contribution in [0.5, 0.6) is 0 Å². The minimum atomic E-state index is -1.27. The van der Waals surface area contributed by atoms with Crippen molar-refractivity contribution in [3.63, 3.8) is 0 Å². The standard InChI is InChI=1S/C15H19N3O4/c1-8(13(17)14(19)20)22-15(21)11(16)6-9-7-18-12-5-3-2-4-10(9)12/h2-5,7-8,11,13,18H,6,16-17H2,1H3,(H,19,20)/t8-,11-,13+/m1/s1. The molecule has 1 aromatic carbocycles. The molecule has 0 aliphatic rings. The van der Waals surface area contributed by atoms with Gasteiger partial charge in [-0.2, -0.15) is 0 Å². The Labute approximate surface area is 127 Å². The molecule has 0 radical (unpaired) electrons. The van der Waals surface area contributed by atoms with Gasteiger partial charge in [0, 0.05) is 23.5 Å². The van der Waals surface area contributed by atoms with Crippen molar-refractivity contribution in [3.8, 4) is 0 Å². The average Bonchev–Trinajstić information content (AvgIpc) is 2.89. The molecule has 0 saturated heterocycles. The highest BCUT2D eigenvalue weighted by Crippen LogP contribution is 2.19. The SMILES string of the molecule is C[C@@H](OC(=O)[C@H](N)Cc1c[nH]c2ccccc12)[C@H](N)C(=O)O. The van der Waals surface area contributed by atoms with Crippen LogP contribution in [0.1, 0.15) is 12.5 Å². The maximum atomic E-state index is 11.9. The van der Waals surface area contributed by atoms with Crippen molar-refractivity contribution >= 4 is 22.8 Å². The van der Waals surface area contributed by atoms with Crippen LogP contribution in [-0.4, -0.2) is 40.2 Å². The molecular formula is C15H19N3O4. The van der Waals surface area contributed by atoms with Crippen LogP contribution in [0.25, 0.3) is 10.9 Å². The van der Waals surface area contributed by atoms with Gasteiger partial charge >= 0.3 is 11.9 Å². The maximum Gasteiger partial charge on any atom is 0.324 e. The molecule has 3 atom stereocenters. The van der Waals surface area contributed by atoms with Gasteiger partial charge in [0.15, 0.2) is 0 Å². The first-order valence-electron chi connectivity index (χ1n) is 6.89. The number of nitrogens with one attached hydrogen (secondary N) is 1. The van der Waals surface area contributed by atoms with Crippen LogP contribution in [0.4, 0.5) is 0 Å². The Kier molecular flexibility index (Phi) is 4.79. The summed E-state index contributed by atoms with van der Waals surface area (Å²) in [7, 11) is 0. The predicted octanol–water partition coefficient (Wildman–Crippen LogP) is 0.381. The quantitative estimate of drug-likeness (QED) is 0.571. The van der Waals surface area contributed by atoms with Crippen LogP contribution in [-0.2, 0) is 20.7 Å². The zero-order valence-corrected chi connectivity index (χ0v) is 12.2. The molecule has 2 aromatic rings. The monoisotopic (exact) mass is 305 g/mol. The molecule has 0 saturated carbocycles. The summed E-state index contributed by atoms with van der Waals surface area (Å²) in [5, 5.41) is 9.77. The number of nitrogens with two attached hydrogens (primary N) is 2. The van der Waals surface area contributed by atoms with E-state index in [1.807, 2.05) is 24.3 Å². The van der Waals surface area contributed by atoms with Crippen molar-refractivity contribution in [1.29, 1.82) is 0 Å². The van der Waals surface area contributed by atoms with E-state index in [1.54, 1.807) is 6.20 Å². The average molecular weight is 305 g/mol. The van der Waals surface area contributed by atoms with E-state index in [0.717, 1.165) is 16.5 Å². The molecule has 0 aliphatic heterocycles. The number of esters is 1. The van der Waals surface area contributed by atoms with Gasteiger partial charge < -0.3 is 26.3 Å². The molecule has 22 heavy (non-hydrogen) atoms. The van der Waals surface area contributed by atoms with Crippen LogP contribution in [0.3, 0.4) is 0 Å². The van der Waals surface area contributed by atoms with Gasteiger partial charge in [-0.05, 0) is 18.6 Å². The molecule has 0 amide bonds. The fourth-order valence-electron chi connectivity index (χ4n) is 2.17. The highest BCUT2D eigenvalue weighted by Gasteiger charge is 2.26. The Bertz CT molecular complexity index is 682. The molecule has 6 N–H and O–H groups in total. The van der Waals surface area contributed by atoms with E-state index in [4.69, 9.17) is 21.3 Å². The second-order valence-corrected chi connectivity index (χ2v) is 5.18. The summed E-state index contributed by atoms with van der Waals surface area (Å²) in [5.41, 5.74) is 13.1. The van der Waals surface area contributed by atoms with Crippen molar-refractivity contribution in [2.45, 2.75) is 31.5 Å². The Morgan fingerprint density at radius 2 is 2.00 bits per heavy atom. The molecule has 7 nitrogen and oxygen atoms in total. The first kappa shape index (κ1) is 16.0. The van der Waals surface area contributed by atoms with Crippen LogP contribution < -0.4 is 11.5 Å². The number of hydrogen-bond donors (Lipinski definition) is 4. The third kappa shape index (κ3) is 3.44. The minimum Gasteiger partial charge on any atom is -0.480 e. The number of carboxylic acids is 1. The molecule has 0 bridgehead atoms. The van der Waals surface area contributed by atoms with E-state index in [-0.39, 0.29) is 6.42 Å². The Morgan fingerprint density at radius 3 is 2.68 bits per heavy atom. The van der Waals surface area contributed by atoms with Gasteiger partial charge in [-0.25, -0.2) is 0 Å². The number of aromatic nitrogens is 1. The number of hydrogen-bond acceptors (Lipinski definition) is 5. The third-order valence-electron chi connectivity index (χ3n) is 3.51. The number of aliphatic carboxylic acids is 1. The van der Waals surface area contributed by atoms with Crippen LogP contribution in [0, 0.1) is 0 Å². The summed E-state index contributed by atoms with van der Waals surface area (Å²) in [6.45, 7) is 1.43. The van der Waals surface area contributed by atoms with Crippen molar-refractivity contribution < 1.29 is 19.4 Å². The van der Waals surface area contributed by atoms with E-state index < -0.39 is 30.1 Å². The summed E-state index contributed by atoms with van der Waals surface area (Å²) in [5.74, 6) is -1.90. The second-order valence-electron chi connectivity index (χ2n) is 5.18. The number of carbonyl (C=O) groups is 2. The number of benzene rings is 1. The number of carboxylic acid groups (broad SMARTS) is 1. The first-order valence-corrected chi connectivity index (χ1v) is 6.89. The van der Waals surface area contributed by atoms with Crippen molar-refractivity contribution in [3.05, 3.63) is 36.0 Å². The van der Waals surface area contributed by atoms with Gasteiger partial charge in [0.05, 0.1) is 0 Å². The molecule has 0 fully saturated rings. The second kappa shape index (κ2) is 6.59. The topological polar surface area (TPSA) is 131 Å². The smallest absolute Gasteiger partial charge is 0.324 e. The lowest BCUT2D eigenvalue weighted by Gasteiger charge is -2.19. The first-order chi connectivity index (χ1) is 10.4. The van der Waals surface area contributed by atoms with Crippen LogP contribution in [0.15, 0.2) is 30.5 Å². The number of fused-ring (bicyclic) bond motifs is 1. The van der Waals surface area contributed by atoms with E-state index in [0.29, 0.717) is 0 Å². The van der Waals surface area contributed by atoms with Gasteiger partial charge in [0.2, 0.25) is 0 Å². The van der Waals surface area contributed by atoms with Crippen molar-refractivity contribution in [2.24, 2.45) is 11.5 Å². The summed E-state index contributed by atoms with van der Waals surface area (Å²) in [6, 6.07) is 5.51. The maximum absolute atomic E-state index is 11.9. The lowest BCUT2D eigenvalue weighted by atomic mass is 10.1. The zero-order valence-electron chi connectivity index (χ0n) is 12.2. The number of H-pyrrole nitrogens is 1. The summed E-state index contributed by atoms with van der Waals surface area (Å²) < 4.78 is 5.02. The summed E-state index contributed by atoms with van der Waals surface area (Å²) >= 11 is 0. The number of rotatable bonds is 6. The van der Waals surface area contributed by atoms with Gasteiger partial charge in [-0.1, -0.05) is 18.2 Å². The van der Waals surface area contributed by atoms with Gasteiger partial charge in [0.25, 0.3) is 0 Å². The number of aromatic amines is 1. The van der Waals surface area contributed by atoms with Crippen LogP contribution >= 0.6 is 0 Å². The Balaban J connectivity index is 2.01. The largest absolute Gasteiger partial charge is 0.480 e. The molecule has 2 rings (SSSR count). The highest BCUT2D eigenvalue weighted by atomic mass is 16.5. The summed E-state index contributed by atoms with van der Waals surface area (Å²) in [6.07, 6.45) is 1.14. The number of carbonyl (C=O) groups excluding carboxylic acids is 1. The zero-order chi connectivity index (χ0) is 16.3. The molecule has 0 spiro atoms. The third-order valence-corrected chi connectivity index (χ3v) is 3.51. The normalized spacial score (nSPS) is 15.2. The highest BCUT2D eigenvalue weighted by molar-refractivity contribution is 5.84. The van der Waals surface area contributed by atoms with Gasteiger partial charge in [0.1, 0.15) is 18.2 Å². The van der Waals surface area contributed by atoms with E-state index in [2.05, 4.69) is 4.98 Å². The predicted molar refractivity (Wildman–Crippen MR) is 81.1 cm³/mol. The summed E-state index contributed by atoms with van der Waals surface area (Å²) in [4.78, 5) is 25.8. The fraction of sp³-hybridized carbons (Fsp3) is 0.333. The molecule has 0 unspecified atom stereocenters. The van der Waals surface area contributed by atoms with Crippen molar-refractivity contribution in [2.75, 3.05) is 0 Å². The van der Waals surface area contributed by atoms with E-state index in [9.17, 15) is 9.59 Å². The molecule has 0 aliphatic carbocycles.